The van der Waals surface area contributed by atoms with Crippen molar-refractivity contribution in [2.75, 3.05) is 20.3 Å². The van der Waals surface area contributed by atoms with Crippen molar-refractivity contribution in [1.82, 2.24) is 19.7 Å². The topological polar surface area (TPSA) is 93.3 Å². The van der Waals surface area contributed by atoms with Gasteiger partial charge in [-0.1, -0.05) is 0 Å². The number of piperidine rings is 1. The number of nitriles is 1. The van der Waals surface area contributed by atoms with Gasteiger partial charge in [0.25, 0.3) is 0 Å². The van der Waals surface area contributed by atoms with Crippen LogP contribution < -0.4 is 0 Å². The van der Waals surface area contributed by atoms with Gasteiger partial charge in [-0.05, 0) is 37.4 Å². The molecule has 2 aromatic heterocycles. The summed E-state index contributed by atoms with van der Waals surface area (Å²) in [6, 6.07) is 10.3. The van der Waals surface area contributed by atoms with Crippen LogP contribution in [0.4, 0.5) is 4.39 Å². The number of aromatic nitrogens is 3. The van der Waals surface area contributed by atoms with Crippen LogP contribution in [0.2, 0.25) is 0 Å². The minimum Gasteiger partial charge on any atom is -0.459 e. The van der Waals surface area contributed by atoms with Crippen molar-refractivity contribution in [1.29, 1.82) is 5.26 Å². The van der Waals surface area contributed by atoms with Crippen molar-refractivity contribution in [3.8, 4) is 11.9 Å². The number of esters is 1. The molecule has 0 N–H and O–H groups in total. The van der Waals surface area contributed by atoms with Crippen molar-refractivity contribution in [2.45, 2.75) is 31.0 Å². The maximum Gasteiger partial charge on any atom is 0.340 e. The quantitative estimate of drug-likeness (QED) is 0.600. The Kier molecular flexibility index (Phi) is 4.88. The molecule has 1 aromatic carbocycles. The average Bonchev–Trinajstić information content (AvgIpc) is 3.14. The zero-order valence-corrected chi connectivity index (χ0v) is 16.9. The Balaban J connectivity index is 1.49. The van der Waals surface area contributed by atoms with Gasteiger partial charge in [0.15, 0.2) is 5.82 Å². The molecule has 2 fully saturated rings. The van der Waals surface area contributed by atoms with E-state index < -0.39 is 11.9 Å². The first-order valence-electron chi connectivity index (χ1n) is 10.1. The van der Waals surface area contributed by atoms with E-state index in [4.69, 9.17) is 9.47 Å². The van der Waals surface area contributed by atoms with E-state index in [1.54, 1.807) is 29.0 Å². The molecule has 4 heterocycles. The Bertz CT molecular complexity index is 1170. The van der Waals surface area contributed by atoms with Crippen molar-refractivity contribution in [3.63, 3.8) is 0 Å². The molecule has 3 aromatic rings. The standard InChI is InChI=1S/C22H20FN5O3/c1-27-14-7-16(8-15(27)12-30-11-14)31-22(29)18-10-28(21-5-4-20(23)25-26-21)19-3-2-13(9-24)6-17(18)19/h2-6,10,14-16H,7-8,11-12H2,1H3/t14-,15+,16-. The molecule has 3 atom stereocenters. The first kappa shape index (κ1) is 19.6. The first-order chi connectivity index (χ1) is 15.0. The van der Waals surface area contributed by atoms with Crippen LogP contribution >= 0.6 is 0 Å². The molecule has 0 unspecified atom stereocenters. The van der Waals surface area contributed by atoms with Gasteiger partial charge in [0.05, 0.1) is 35.9 Å². The van der Waals surface area contributed by atoms with E-state index in [1.807, 2.05) is 0 Å². The Labute approximate surface area is 177 Å². The van der Waals surface area contributed by atoms with Crippen LogP contribution in [0.3, 0.4) is 0 Å². The second kappa shape index (κ2) is 7.72. The molecule has 158 valence electrons. The zero-order chi connectivity index (χ0) is 21.5. The summed E-state index contributed by atoms with van der Waals surface area (Å²) in [5.41, 5.74) is 1.41. The summed E-state index contributed by atoms with van der Waals surface area (Å²) in [5, 5.41) is 17.2. The number of morpholine rings is 1. The van der Waals surface area contributed by atoms with Gasteiger partial charge in [-0.2, -0.15) is 9.65 Å². The molecular weight excluding hydrogens is 401 g/mol. The molecule has 0 radical (unpaired) electrons. The zero-order valence-electron chi connectivity index (χ0n) is 16.9. The van der Waals surface area contributed by atoms with Gasteiger partial charge >= 0.3 is 5.97 Å². The number of ether oxygens (including phenoxy) is 2. The van der Waals surface area contributed by atoms with E-state index in [1.165, 1.54) is 12.1 Å². The third-order valence-corrected chi connectivity index (χ3v) is 6.13. The van der Waals surface area contributed by atoms with Crippen molar-refractivity contribution in [3.05, 3.63) is 53.6 Å². The van der Waals surface area contributed by atoms with Crippen molar-refractivity contribution in [2.24, 2.45) is 0 Å². The molecule has 5 rings (SSSR count). The van der Waals surface area contributed by atoms with E-state index in [2.05, 4.69) is 28.2 Å². The van der Waals surface area contributed by atoms with Crippen molar-refractivity contribution < 1.29 is 18.7 Å². The van der Waals surface area contributed by atoms with Gasteiger partial charge in [-0.25, -0.2) is 4.79 Å². The average molecular weight is 421 g/mol. The fourth-order valence-corrected chi connectivity index (χ4v) is 4.45. The highest BCUT2D eigenvalue weighted by Gasteiger charge is 2.38. The van der Waals surface area contributed by atoms with Crippen LogP contribution in [0.5, 0.6) is 0 Å². The summed E-state index contributed by atoms with van der Waals surface area (Å²) in [4.78, 5) is 15.5. The number of benzene rings is 1. The summed E-state index contributed by atoms with van der Waals surface area (Å²) >= 11 is 0. The maximum absolute atomic E-state index is 13.2. The van der Waals surface area contributed by atoms with E-state index in [9.17, 15) is 14.4 Å². The van der Waals surface area contributed by atoms with Gasteiger partial charge < -0.3 is 9.47 Å². The number of halogens is 1. The van der Waals surface area contributed by atoms with Gasteiger partial charge in [0.1, 0.15) is 6.10 Å². The highest BCUT2D eigenvalue weighted by molar-refractivity contribution is 6.05. The fraction of sp³-hybridized carbons (Fsp3) is 0.364. The smallest absolute Gasteiger partial charge is 0.340 e. The second-order valence-corrected chi connectivity index (χ2v) is 7.98. The molecule has 2 bridgehead atoms. The molecule has 0 aliphatic carbocycles. The maximum atomic E-state index is 13.2. The van der Waals surface area contributed by atoms with Crippen LogP contribution in [0.1, 0.15) is 28.8 Å². The van der Waals surface area contributed by atoms with Crippen molar-refractivity contribution >= 4 is 16.9 Å². The highest BCUT2D eigenvalue weighted by atomic mass is 19.1. The monoisotopic (exact) mass is 421 g/mol. The minimum atomic E-state index is -0.691. The van der Waals surface area contributed by atoms with E-state index in [0.717, 1.165) is 0 Å². The number of likely N-dealkylation sites (N-methyl/N-ethyl adjacent to an activating group) is 1. The molecule has 31 heavy (non-hydrogen) atoms. The van der Waals surface area contributed by atoms with Crippen LogP contribution in [0.25, 0.3) is 16.7 Å². The third kappa shape index (κ3) is 3.54. The lowest BCUT2D eigenvalue weighted by molar-refractivity contribution is -0.0970. The number of hydrogen-bond donors (Lipinski definition) is 0. The fourth-order valence-electron chi connectivity index (χ4n) is 4.45. The largest absolute Gasteiger partial charge is 0.459 e. The van der Waals surface area contributed by atoms with Crippen LogP contribution in [0.15, 0.2) is 36.5 Å². The molecule has 0 spiro atoms. The SMILES string of the molecule is CN1[C@@H]2COC[C@H]1C[C@@H](OC(=O)c1cn(-c3ccc(F)nn3)c3ccc(C#N)cc13)C2. The molecule has 2 aliphatic rings. The lowest BCUT2D eigenvalue weighted by Gasteiger charge is -2.46. The molecule has 0 amide bonds. The molecule has 2 saturated heterocycles. The lowest BCUT2D eigenvalue weighted by atomic mass is 9.92. The summed E-state index contributed by atoms with van der Waals surface area (Å²) in [7, 11) is 2.08. The van der Waals surface area contributed by atoms with E-state index in [0.29, 0.717) is 53.9 Å². The number of carbonyl (C=O) groups excluding carboxylic acids is 1. The number of nitrogens with zero attached hydrogens (tertiary/aromatic N) is 5. The summed E-state index contributed by atoms with van der Waals surface area (Å²) in [6.45, 7) is 1.27. The predicted octanol–water partition coefficient (Wildman–Crippen LogP) is 2.45. The van der Waals surface area contributed by atoms with Crippen LogP contribution in [0, 0.1) is 17.3 Å². The molecule has 2 aliphatic heterocycles. The van der Waals surface area contributed by atoms with E-state index in [-0.39, 0.29) is 18.2 Å². The number of rotatable bonds is 3. The Hall–Kier alpha value is -3.35. The number of fused-ring (bicyclic) bond motifs is 3. The number of carbonyl (C=O) groups is 1. The summed E-state index contributed by atoms with van der Waals surface area (Å²) < 4.78 is 26.4. The summed E-state index contributed by atoms with van der Waals surface area (Å²) in [5.74, 6) is -0.785. The first-order valence-corrected chi connectivity index (χ1v) is 10.1. The van der Waals surface area contributed by atoms with Crippen LogP contribution in [-0.2, 0) is 9.47 Å². The van der Waals surface area contributed by atoms with Crippen LogP contribution in [-0.4, -0.2) is 64.1 Å². The second-order valence-electron chi connectivity index (χ2n) is 7.98. The lowest BCUT2D eigenvalue weighted by Crippen LogP contribution is -2.56. The van der Waals surface area contributed by atoms with E-state index >= 15 is 0 Å². The Morgan fingerprint density at radius 1 is 1.23 bits per heavy atom. The normalized spacial score (nSPS) is 23.5. The van der Waals surface area contributed by atoms with Gasteiger partial charge in [-0.3, -0.25) is 9.47 Å². The Morgan fingerprint density at radius 2 is 2.00 bits per heavy atom. The molecule has 8 nitrogen and oxygen atoms in total. The van der Waals surface area contributed by atoms with Gasteiger partial charge in [-0.15, -0.1) is 10.2 Å². The summed E-state index contributed by atoms with van der Waals surface area (Å²) in [6.07, 6.45) is 2.83. The van der Waals surface area contributed by atoms with Gasteiger partial charge in [0, 0.05) is 36.5 Å². The highest BCUT2D eigenvalue weighted by Crippen LogP contribution is 2.30. The Morgan fingerprint density at radius 3 is 2.68 bits per heavy atom. The molecular formula is C22H20FN5O3. The van der Waals surface area contributed by atoms with Gasteiger partial charge in [0.2, 0.25) is 5.95 Å². The molecule has 0 saturated carbocycles. The minimum absolute atomic E-state index is 0.203. The predicted molar refractivity (Wildman–Crippen MR) is 108 cm³/mol. The number of hydrogen-bond acceptors (Lipinski definition) is 7. The molecule has 9 heteroatoms. The third-order valence-electron chi connectivity index (χ3n) is 6.13.